The largest absolute Gasteiger partial charge is 0.375 e. The average molecular weight is 258 g/mol. The summed E-state index contributed by atoms with van der Waals surface area (Å²) in [6.07, 6.45) is 0.333. The summed E-state index contributed by atoms with van der Waals surface area (Å²) in [6, 6.07) is 0. The highest BCUT2D eigenvalue weighted by atomic mass is 16.5. The molecule has 1 atom stereocenters. The first-order valence-electron chi connectivity index (χ1n) is 7.55. The van der Waals surface area contributed by atoms with Crippen molar-refractivity contribution in [2.24, 2.45) is 11.8 Å². The number of nitrogens with zero attached hydrogens (tertiary/aromatic N) is 1. The van der Waals surface area contributed by atoms with Crippen LogP contribution in [0, 0.1) is 11.8 Å². The molecule has 0 saturated carbocycles. The molecule has 0 radical (unpaired) electrons. The van der Waals surface area contributed by atoms with Crippen molar-refractivity contribution in [3.05, 3.63) is 0 Å². The number of rotatable bonds is 11. The number of ether oxygens (including phenoxy) is 1. The van der Waals surface area contributed by atoms with Crippen molar-refractivity contribution < 1.29 is 4.74 Å². The van der Waals surface area contributed by atoms with Crippen molar-refractivity contribution in [3.63, 3.8) is 0 Å². The predicted octanol–water partition coefficient (Wildman–Crippen LogP) is 2.62. The Kier molecular flexibility index (Phi) is 10.7. The molecule has 0 amide bonds. The van der Waals surface area contributed by atoms with Crippen LogP contribution in [0.2, 0.25) is 0 Å². The first-order valence-corrected chi connectivity index (χ1v) is 7.55. The number of hydrogen-bond acceptors (Lipinski definition) is 3. The van der Waals surface area contributed by atoms with Gasteiger partial charge in [-0.1, -0.05) is 41.5 Å². The maximum absolute atomic E-state index is 6.02. The van der Waals surface area contributed by atoms with Crippen LogP contribution < -0.4 is 5.32 Å². The highest BCUT2D eigenvalue weighted by Gasteiger charge is 2.13. The topological polar surface area (TPSA) is 24.5 Å². The molecule has 0 rings (SSSR count). The van der Waals surface area contributed by atoms with Gasteiger partial charge in [-0.2, -0.15) is 0 Å². The zero-order valence-corrected chi connectivity index (χ0v) is 13.3. The van der Waals surface area contributed by atoms with Crippen molar-refractivity contribution in [2.75, 3.05) is 39.3 Å². The molecule has 0 spiro atoms. The quantitative estimate of drug-likeness (QED) is 0.616. The monoisotopic (exact) mass is 258 g/mol. The van der Waals surface area contributed by atoms with E-state index in [0.29, 0.717) is 17.9 Å². The molecular formula is C15H34N2O. The molecule has 0 aliphatic heterocycles. The maximum atomic E-state index is 6.02. The second kappa shape index (κ2) is 10.8. The van der Waals surface area contributed by atoms with Gasteiger partial charge in [0.25, 0.3) is 0 Å². The van der Waals surface area contributed by atoms with Crippen LogP contribution in [-0.2, 0) is 4.74 Å². The van der Waals surface area contributed by atoms with Gasteiger partial charge in [-0.25, -0.2) is 0 Å². The van der Waals surface area contributed by atoms with E-state index >= 15 is 0 Å². The smallest absolute Gasteiger partial charge is 0.0722 e. The highest BCUT2D eigenvalue weighted by molar-refractivity contribution is 4.67. The van der Waals surface area contributed by atoms with Crippen LogP contribution in [0.5, 0.6) is 0 Å². The fourth-order valence-corrected chi connectivity index (χ4v) is 1.87. The summed E-state index contributed by atoms with van der Waals surface area (Å²) in [5.41, 5.74) is 0. The minimum atomic E-state index is 0.333. The van der Waals surface area contributed by atoms with Crippen molar-refractivity contribution in [2.45, 2.75) is 47.6 Å². The van der Waals surface area contributed by atoms with Crippen LogP contribution in [0.4, 0.5) is 0 Å². The zero-order valence-electron chi connectivity index (χ0n) is 13.3. The van der Waals surface area contributed by atoms with E-state index < -0.39 is 0 Å². The summed E-state index contributed by atoms with van der Waals surface area (Å²) in [4.78, 5) is 2.40. The standard InChI is InChI=1S/C15H34N2O/c1-7-17(8-2)9-10-18-15(14(5)6)12-16-11-13(3)4/h13-16H,7-12H2,1-6H3. The van der Waals surface area contributed by atoms with Gasteiger partial charge in [0, 0.05) is 13.1 Å². The van der Waals surface area contributed by atoms with Crippen molar-refractivity contribution in [1.29, 1.82) is 0 Å². The molecule has 3 nitrogen and oxygen atoms in total. The fraction of sp³-hybridized carbons (Fsp3) is 1.00. The van der Waals surface area contributed by atoms with E-state index in [1.54, 1.807) is 0 Å². The summed E-state index contributed by atoms with van der Waals surface area (Å²) >= 11 is 0. The lowest BCUT2D eigenvalue weighted by atomic mass is 10.1. The third-order valence-electron chi connectivity index (χ3n) is 3.28. The molecule has 0 heterocycles. The molecule has 0 aromatic rings. The van der Waals surface area contributed by atoms with Gasteiger partial charge in [0.2, 0.25) is 0 Å². The second-order valence-corrected chi connectivity index (χ2v) is 5.73. The van der Waals surface area contributed by atoms with Crippen LogP contribution in [0.15, 0.2) is 0 Å². The Morgan fingerprint density at radius 1 is 1.00 bits per heavy atom. The van der Waals surface area contributed by atoms with Crippen LogP contribution >= 0.6 is 0 Å². The van der Waals surface area contributed by atoms with Gasteiger partial charge in [-0.05, 0) is 31.5 Å². The van der Waals surface area contributed by atoms with Crippen molar-refractivity contribution >= 4 is 0 Å². The van der Waals surface area contributed by atoms with E-state index in [-0.39, 0.29) is 0 Å². The third kappa shape index (κ3) is 8.90. The maximum Gasteiger partial charge on any atom is 0.0722 e. The summed E-state index contributed by atoms with van der Waals surface area (Å²) in [6.45, 7) is 19.5. The number of hydrogen-bond donors (Lipinski definition) is 1. The van der Waals surface area contributed by atoms with Crippen LogP contribution in [0.3, 0.4) is 0 Å². The Hall–Kier alpha value is -0.120. The molecule has 0 bridgehead atoms. The molecule has 0 aliphatic rings. The fourth-order valence-electron chi connectivity index (χ4n) is 1.87. The van der Waals surface area contributed by atoms with Gasteiger partial charge < -0.3 is 15.0 Å². The minimum Gasteiger partial charge on any atom is -0.375 e. The van der Waals surface area contributed by atoms with Gasteiger partial charge in [0.1, 0.15) is 0 Å². The zero-order chi connectivity index (χ0) is 14.0. The SMILES string of the molecule is CCN(CC)CCOC(CNCC(C)C)C(C)C. The van der Waals surface area contributed by atoms with E-state index in [4.69, 9.17) is 4.74 Å². The van der Waals surface area contributed by atoms with Crippen LogP contribution in [0.1, 0.15) is 41.5 Å². The van der Waals surface area contributed by atoms with Gasteiger partial charge in [-0.3, -0.25) is 0 Å². The molecule has 1 unspecified atom stereocenters. The Morgan fingerprint density at radius 3 is 2.06 bits per heavy atom. The Balaban J connectivity index is 3.82. The first-order chi connectivity index (χ1) is 8.51. The van der Waals surface area contributed by atoms with Gasteiger partial charge in [-0.15, -0.1) is 0 Å². The van der Waals surface area contributed by atoms with Crippen molar-refractivity contribution in [1.82, 2.24) is 10.2 Å². The lowest BCUT2D eigenvalue weighted by Gasteiger charge is -2.25. The lowest BCUT2D eigenvalue weighted by Crippen LogP contribution is -2.37. The summed E-state index contributed by atoms with van der Waals surface area (Å²) < 4.78 is 6.02. The minimum absolute atomic E-state index is 0.333. The molecule has 0 fully saturated rings. The normalized spacial score (nSPS) is 13.8. The molecular weight excluding hydrogens is 224 g/mol. The first kappa shape index (κ1) is 17.9. The molecule has 0 aliphatic carbocycles. The molecule has 110 valence electrons. The molecule has 0 saturated heterocycles. The highest BCUT2D eigenvalue weighted by Crippen LogP contribution is 2.06. The molecule has 1 N–H and O–H groups in total. The van der Waals surface area contributed by atoms with Crippen LogP contribution in [-0.4, -0.2) is 50.3 Å². The van der Waals surface area contributed by atoms with Gasteiger partial charge in [0.05, 0.1) is 12.7 Å². The predicted molar refractivity (Wildman–Crippen MR) is 80.1 cm³/mol. The Morgan fingerprint density at radius 2 is 1.61 bits per heavy atom. The molecule has 18 heavy (non-hydrogen) atoms. The Bertz CT molecular complexity index is 179. The summed E-state index contributed by atoms with van der Waals surface area (Å²) in [7, 11) is 0. The van der Waals surface area contributed by atoms with E-state index in [9.17, 15) is 0 Å². The van der Waals surface area contributed by atoms with E-state index in [0.717, 1.165) is 39.3 Å². The second-order valence-electron chi connectivity index (χ2n) is 5.73. The summed E-state index contributed by atoms with van der Waals surface area (Å²) in [5.74, 6) is 1.27. The molecule has 3 heteroatoms. The number of nitrogens with one attached hydrogen (secondary N) is 1. The van der Waals surface area contributed by atoms with E-state index in [2.05, 4.69) is 51.8 Å². The average Bonchev–Trinajstić information content (AvgIpc) is 2.31. The van der Waals surface area contributed by atoms with Crippen LogP contribution in [0.25, 0.3) is 0 Å². The van der Waals surface area contributed by atoms with Gasteiger partial charge in [0.15, 0.2) is 0 Å². The number of likely N-dealkylation sites (N-methyl/N-ethyl adjacent to an activating group) is 1. The third-order valence-corrected chi connectivity index (χ3v) is 3.28. The van der Waals surface area contributed by atoms with Gasteiger partial charge >= 0.3 is 0 Å². The van der Waals surface area contributed by atoms with E-state index in [1.807, 2.05) is 0 Å². The molecule has 0 aromatic heterocycles. The Labute approximate surface area is 114 Å². The van der Waals surface area contributed by atoms with Crippen molar-refractivity contribution in [3.8, 4) is 0 Å². The lowest BCUT2D eigenvalue weighted by molar-refractivity contribution is 0.0120. The molecule has 0 aromatic carbocycles. The van der Waals surface area contributed by atoms with E-state index in [1.165, 1.54) is 0 Å². The summed E-state index contributed by atoms with van der Waals surface area (Å²) in [5, 5.41) is 3.49.